The van der Waals surface area contributed by atoms with E-state index in [0.717, 1.165) is 43.5 Å². The first kappa shape index (κ1) is 15.8. The van der Waals surface area contributed by atoms with E-state index in [0.29, 0.717) is 12.8 Å². The van der Waals surface area contributed by atoms with Gasteiger partial charge in [-0.15, -0.1) is 0 Å². The quantitative estimate of drug-likeness (QED) is 0.783. The van der Waals surface area contributed by atoms with Gasteiger partial charge in [0.05, 0.1) is 12.5 Å². The van der Waals surface area contributed by atoms with Crippen molar-refractivity contribution in [3.63, 3.8) is 0 Å². The largest absolute Gasteiger partial charge is 0.393 e. The molecule has 0 fully saturated rings. The number of hydrogen-bond acceptors (Lipinski definition) is 2. The Balaban J connectivity index is 1.97. The van der Waals surface area contributed by atoms with Gasteiger partial charge in [-0.2, -0.15) is 0 Å². The zero-order valence-electron chi connectivity index (χ0n) is 12.8. The summed E-state index contributed by atoms with van der Waals surface area (Å²) in [6, 6.07) is 7.98. The Bertz CT molecular complexity index is 488. The smallest absolute Gasteiger partial charge is 0.227 e. The molecule has 1 aromatic carbocycles. The first-order valence-corrected chi connectivity index (χ1v) is 7.88. The van der Waals surface area contributed by atoms with Gasteiger partial charge in [0.2, 0.25) is 5.91 Å². The minimum Gasteiger partial charge on any atom is -0.393 e. The molecular formula is C18H25NO2. The molecular weight excluding hydrogens is 262 g/mol. The van der Waals surface area contributed by atoms with Crippen molar-refractivity contribution in [2.24, 2.45) is 0 Å². The Hall–Kier alpha value is -1.61. The summed E-state index contributed by atoms with van der Waals surface area (Å²) in [5.41, 5.74) is 2.14. The zero-order chi connectivity index (χ0) is 15.1. The van der Waals surface area contributed by atoms with Crippen LogP contribution in [0.1, 0.15) is 37.3 Å². The van der Waals surface area contributed by atoms with Gasteiger partial charge in [0.25, 0.3) is 0 Å². The van der Waals surface area contributed by atoms with Crippen LogP contribution in [0.3, 0.4) is 0 Å². The predicted octanol–water partition coefficient (Wildman–Crippen LogP) is 2.72. The van der Waals surface area contributed by atoms with E-state index in [1.165, 1.54) is 0 Å². The number of aliphatic hydroxyl groups is 1. The SMILES string of the molecule is CCCCC(O)Cc1ccccc1CC(=O)N1CC=CC1. The van der Waals surface area contributed by atoms with Crippen LogP contribution in [0.4, 0.5) is 0 Å². The third-order valence-corrected chi connectivity index (χ3v) is 3.98. The van der Waals surface area contributed by atoms with E-state index in [4.69, 9.17) is 0 Å². The average Bonchev–Trinajstić information content (AvgIpc) is 3.01. The summed E-state index contributed by atoms with van der Waals surface area (Å²) in [5.74, 6) is 0.162. The predicted molar refractivity (Wildman–Crippen MR) is 85.1 cm³/mol. The number of carbonyl (C=O) groups excluding carboxylic acids is 1. The number of nitrogens with zero attached hydrogens (tertiary/aromatic N) is 1. The molecule has 0 bridgehead atoms. The van der Waals surface area contributed by atoms with Gasteiger partial charge < -0.3 is 10.0 Å². The topological polar surface area (TPSA) is 40.5 Å². The lowest BCUT2D eigenvalue weighted by atomic mass is 9.97. The van der Waals surface area contributed by atoms with Gasteiger partial charge in [0.1, 0.15) is 0 Å². The molecule has 1 unspecified atom stereocenters. The Morgan fingerprint density at radius 2 is 1.90 bits per heavy atom. The number of carbonyl (C=O) groups is 1. The molecule has 0 saturated carbocycles. The maximum Gasteiger partial charge on any atom is 0.227 e. The van der Waals surface area contributed by atoms with Gasteiger partial charge in [-0.1, -0.05) is 56.2 Å². The second-order valence-electron chi connectivity index (χ2n) is 5.72. The fraction of sp³-hybridized carbons (Fsp3) is 0.500. The van der Waals surface area contributed by atoms with Crippen LogP contribution in [-0.2, 0) is 17.6 Å². The summed E-state index contributed by atoms with van der Waals surface area (Å²) in [6.45, 7) is 3.57. The van der Waals surface area contributed by atoms with Crippen LogP contribution < -0.4 is 0 Å². The van der Waals surface area contributed by atoms with Crippen LogP contribution in [-0.4, -0.2) is 35.1 Å². The summed E-state index contributed by atoms with van der Waals surface area (Å²) in [4.78, 5) is 14.1. The lowest BCUT2D eigenvalue weighted by Crippen LogP contribution is -2.30. The van der Waals surface area contributed by atoms with Crippen molar-refractivity contribution in [3.8, 4) is 0 Å². The van der Waals surface area contributed by atoms with Crippen molar-refractivity contribution < 1.29 is 9.90 Å². The van der Waals surface area contributed by atoms with Crippen LogP contribution in [0.25, 0.3) is 0 Å². The Morgan fingerprint density at radius 1 is 1.24 bits per heavy atom. The molecule has 1 aromatic rings. The van der Waals surface area contributed by atoms with E-state index in [1.807, 2.05) is 41.3 Å². The molecule has 1 amide bonds. The lowest BCUT2D eigenvalue weighted by molar-refractivity contribution is -0.129. The first-order valence-electron chi connectivity index (χ1n) is 7.88. The zero-order valence-corrected chi connectivity index (χ0v) is 12.8. The van der Waals surface area contributed by atoms with Crippen LogP contribution in [0.5, 0.6) is 0 Å². The maximum atomic E-state index is 12.2. The van der Waals surface area contributed by atoms with E-state index < -0.39 is 0 Å². The van der Waals surface area contributed by atoms with Crippen LogP contribution in [0.2, 0.25) is 0 Å². The number of unbranched alkanes of at least 4 members (excludes halogenated alkanes) is 1. The molecule has 2 rings (SSSR count). The normalized spacial score (nSPS) is 15.4. The molecule has 0 aliphatic carbocycles. The van der Waals surface area contributed by atoms with Crippen molar-refractivity contribution >= 4 is 5.91 Å². The summed E-state index contributed by atoms with van der Waals surface area (Å²) in [7, 11) is 0. The second-order valence-corrected chi connectivity index (χ2v) is 5.72. The van der Waals surface area contributed by atoms with E-state index in [1.54, 1.807) is 0 Å². The van der Waals surface area contributed by atoms with Crippen molar-refractivity contribution in [1.82, 2.24) is 4.90 Å². The highest BCUT2D eigenvalue weighted by Gasteiger charge is 2.17. The summed E-state index contributed by atoms with van der Waals surface area (Å²) >= 11 is 0. The first-order chi connectivity index (χ1) is 10.2. The molecule has 21 heavy (non-hydrogen) atoms. The summed E-state index contributed by atoms with van der Waals surface area (Å²) in [6.07, 6.45) is 7.78. The number of rotatable bonds is 7. The molecule has 0 saturated heterocycles. The second kappa shape index (κ2) is 7.99. The highest BCUT2D eigenvalue weighted by molar-refractivity contribution is 5.79. The lowest BCUT2D eigenvalue weighted by Gasteiger charge is -2.18. The van der Waals surface area contributed by atoms with Gasteiger partial charge in [-0.05, 0) is 24.0 Å². The third-order valence-electron chi connectivity index (χ3n) is 3.98. The van der Waals surface area contributed by atoms with Gasteiger partial charge in [-0.25, -0.2) is 0 Å². The molecule has 3 nitrogen and oxygen atoms in total. The van der Waals surface area contributed by atoms with Gasteiger partial charge in [0.15, 0.2) is 0 Å². The monoisotopic (exact) mass is 287 g/mol. The van der Waals surface area contributed by atoms with Gasteiger partial charge in [0, 0.05) is 13.1 Å². The molecule has 0 spiro atoms. The Labute approximate surface area is 127 Å². The molecule has 1 atom stereocenters. The van der Waals surface area contributed by atoms with Crippen molar-refractivity contribution in [1.29, 1.82) is 0 Å². The number of hydrogen-bond donors (Lipinski definition) is 1. The van der Waals surface area contributed by atoms with E-state index in [-0.39, 0.29) is 12.0 Å². The molecule has 0 aromatic heterocycles. The highest BCUT2D eigenvalue weighted by Crippen LogP contribution is 2.16. The van der Waals surface area contributed by atoms with Crippen molar-refractivity contribution in [3.05, 3.63) is 47.5 Å². The highest BCUT2D eigenvalue weighted by atomic mass is 16.3. The van der Waals surface area contributed by atoms with E-state index >= 15 is 0 Å². The van der Waals surface area contributed by atoms with Crippen molar-refractivity contribution in [2.45, 2.75) is 45.1 Å². The van der Waals surface area contributed by atoms with E-state index in [9.17, 15) is 9.90 Å². The molecule has 3 heteroatoms. The fourth-order valence-corrected chi connectivity index (χ4v) is 2.68. The Morgan fingerprint density at radius 3 is 2.57 bits per heavy atom. The van der Waals surface area contributed by atoms with Crippen LogP contribution >= 0.6 is 0 Å². The van der Waals surface area contributed by atoms with E-state index in [2.05, 4.69) is 6.92 Å². The minimum absolute atomic E-state index is 0.162. The summed E-state index contributed by atoms with van der Waals surface area (Å²) in [5, 5.41) is 10.1. The minimum atomic E-state index is -0.311. The van der Waals surface area contributed by atoms with Gasteiger partial charge in [-0.3, -0.25) is 4.79 Å². The Kier molecular flexibility index (Phi) is 6.00. The molecule has 1 N–H and O–H groups in total. The third kappa shape index (κ3) is 4.71. The fourth-order valence-electron chi connectivity index (χ4n) is 2.68. The molecule has 1 heterocycles. The molecule has 1 aliphatic rings. The number of benzene rings is 1. The molecule has 114 valence electrons. The molecule has 0 radical (unpaired) electrons. The van der Waals surface area contributed by atoms with Gasteiger partial charge >= 0.3 is 0 Å². The van der Waals surface area contributed by atoms with Crippen molar-refractivity contribution in [2.75, 3.05) is 13.1 Å². The maximum absolute atomic E-state index is 12.2. The number of amides is 1. The summed E-state index contributed by atoms with van der Waals surface area (Å²) < 4.78 is 0. The number of aliphatic hydroxyl groups excluding tert-OH is 1. The average molecular weight is 287 g/mol. The van der Waals surface area contributed by atoms with Crippen LogP contribution in [0, 0.1) is 0 Å². The van der Waals surface area contributed by atoms with Crippen LogP contribution in [0.15, 0.2) is 36.4 Å². The molecule has 1 aliphatic heterocycles. The standard InChI is InChI=1S/C18H25NO2/c1-2-3-10-17(20)13-15-8-4-5-9-16(15)14-18(21)19-11-6-7-12-19/h4-9,17,20H,2-3,10-14H2,1H3.